The van der Waals surface area contributed by atoms with Gasteiger partial charge in [-0.15, -0.1) is 0 Å². The van der Waals surface area contributed by atoms with Crippen LogP contribution in [0.15, 0.2) is 0 Å². The molecular weight excluding hydrogens is 250 g/mol. The van der Waals surface area contributed by atoms with Crippen LogP contribution in [0.4, 0.5) is 0 Å². The Morgan fingerprint density at radius 1 is 1.25 bits per heavy atom. The Hall–Kier alpha value is -0.410. The van der Waals surface area contributed by atoms with Gasteiger partial charge in [-0.25, -0.2) is 0 Å². The molecule has 3 fully saturated rings. The van der Waals surface area contributed by atoms with Crippen molar-refractivity contribution in [2.75, 3.05) is 20.1 Å². The summed E-state index contributed by atoms with van der Waals surface area (Å²) in [5.74, 6) is 1.67. The molecule has 2 saturated carbocycles. The molecule has 20 heavy (non-hydrogen) atoms. The smallest absolute Gasteiger partial charge is 0.139 e. The Balaban J connectivity index is 1.91. The second-order valence-corrected chi connectivity index (χ2v) is 7.66. The van der Waals surface area contributed by atoms with Crippen LogP contribution in [0.5, 0.6) is 0 Å². The molecule has 1 heterocycles. The quantitative estimate of drug-likeness (QED) is 0.740. The number of rotatable bonds is 0. The van der Waals surface area contributed by atoms with Crippen molar-refractivity contribution >= 4 is 5.78 Å². The Morgan fingerprint density at radius 3 is 2.80 bits per heavy atom. The molecule has 1 aliphatic heterocycles. The molecule has 0 bridgehead atoms. The van der Waals surface area contributed by atoms with Crippen molar-refractivity contribution in [3.63, 3.8) is 0 Å². The van der Waals surface area contributed by atoms with Gasteiger partial charge in [0.25, 0.3) is 0 Å². The lowest BCUT2D eigenvalue weighted by atomic mass is 9.58. The summed E-state index contributed by atoms with van der Waals surface area (Å²) in [6.07, 6.45) is 6.79. The van der Waals surface area contributed by atoms with E-state index in [9.17, 15) is 9.90 Å². The first-order valence-electron chi connectivity index (χ1n) is 8.44. The average molecular weight is 279 g/mol. The fourth-order valence-electron chi connectivity index (χ4n) is 5.44. The maximum Gasteiger partial charge on any atom is 0.139 e. The van der Waals surface area contributed by atoms with E-state index in [-0.39, 0.29) is 17.4 Å². The summed E-state index contributed by atoms with van der Waals surface area (Å²) in [4.78, 5) is 15.3. The van der Waals surface area contributed by atoms with Crippen molar-refractivity contribution < 1.29 is 9.90 Å². The largest absolute Gasteiger partial charge is 0.393 e. The molecule has 3 heteroatoms. The van der Waals surface area contributed by atoms with Crippen LogP contribution in [0.3, 0.4) is 0 Å². The van der Waals surface area contributed by atoms with E-state index in [2.05, 4.69) is 18.9 Å². The fourth-order valence-corrected chi connectivity index (χ4v) is 5.44. The summed E-state index contributed by atoms with van der Waals surface area (Å²) < 4.78 is 0. The molecule has 0 aromatic rings. The molecule has 0 radical (unpaired) electrons. The Bertz CT molecular complexity index is 383. The van der Waals surface area contributed by atoms with Crippen LogP contribution in [0.1, 0.15) is 51.9 Å². The van der Waals surface area contributed by atoms with E-state index >= 15 is 0 Å². The monoisotopic (exact) mass is 279 g/mol. The standard InChI is InChI=1S/C17H29NO2/c1-12-9-13-11-15(19)14-5-3-7-18(2)8-4-6-17(13,14)16(20)10-12/h12-15,19H,3-11H2,1-2H3/t12-,13+,14-,15-,17+/m1/s1. The third-order valence-corrected chi connectivity index (χ3v) is 6.31. The van der Waals surface area contributed by atoms with Gasteiger partial charge in [-0.1, -0.05) is 6.92 Å². The van der Waals surface area contributed by atoms with Crippen molar-refractivity contribution in [2.45, 2.75) is 58.0 Å². The summed E-state index contributed by atoms with van der Waals surface area (Å²) in [7, 11) is 2.18. The van der Waals surface area contributed by atoms with Crippen LogP contribution in [0, 0.1) is 23.2 Å². The predicted molar refractivity (Wildman–Crippen MR) is 79.4 cm³/mol. The van der Waals surface area contributed by atoms with Crippen LogP contribution in [0.2, 0.25) is 0 Å². The van der Waals surface area contributed by atoms with Gasteiger partial charge < -0.3 is 10.0 Å². The van der Waals surface area contributed by atoms with E-state index in [4.69, 9.17) is 0 Å². The van der Waals surface area contributed by atoms with Gasteiger partial charge >= 0.3 is 0 Å². The SMILES string of the molecule is C[C@H]1CC(=O)[C@]23CCCN(C)CCC[C@@H]2[C@H](O)C[C@@H]3C1. The normalized spacial score (nSPS) is 47.0. The van der Waals surface area contributed by atoms with Gasteiger partial charge in [0.2, 0.25) is 0 Å². The Kier molecular flexibility index (Phi) is 3.93. The number of carbonyl (C=O) groups excluding carboxylic acids is 1. The lowest BCUT2D eigenvalue weighted by Crippen LogP contribution is -2.46. The van der Waals surface area contributed by atoms with E-state index < -0.39 is 0 Å². The van der Waals surface area contributed by atoms with E-state index in [1.807, 2.05) is 0 Å². The number of hydrogen-bond donors (Lipinski definition) is 1. The van der Waals surface area contributed by atoms with Crippen LogP contribution in [-0.4, -0.2) is 42.0 Å². The van der Waals surface area contributed by atoms with Crippen molar-refractivity contribution in [1.82, 2.24) is 4.90 Å². The number of carbonyl (C=O) groups is 1. The minimum atomic E-state index is -0.238. The van der Waals surface area contributed by atoms with Gasteiger partial charge in [-0.3, -0.25) is 4.79 Å². The van der Waals surface area contributed by atoms with Crippen LogP contribution >= 0.6 is 0 Å². The Labute approximate surface area is 122 Å². The maximum atomic E-state index is 12.9. The van der Waals surface area contributed by atoms with Crippen molar-refractivity contribution in [3.05, 3.63) is 0 Å². The average Bonchev–Trinajstić information content (AvgIpc) is 2.67. The molecule has 1 spiro atoms. The number of ketones is 1. The Morgan fingerprint density at radius 2 is 2.00 bits per heavy atom. The highest BCUT2D eigenvalue weighted by atomic mass is 16.3. The molecule has 3 rings (SSSR count). The van der Waals surface area contributed by atoms with Crippen LogP contribution in [-0.2, 0) is 4.79 Å². The fraction of sp³-hybridized carbons (Fsp3) is 0.941. The van der Waals surface area contributed by atoms with Gasteiger partial charge in [0, 0.05) is 11.8 Å². The lowest BCUT2D eigenvalue weighted by molar-refractivity contribution is -0.140. The number of nitrogens with zero attached hydrogens (tertiary/aromatic N) is 1. The van der Waals surface area contributed by atoms with E-state index in [0.717, 1.165) is 58.0 Å². The predicted octanol–water partition coefficient (Wildman–Crippen LogP) is 2.47. The molecular formula is C17H29NO2. The molecule has 0 aromatic heterocycles. The van der Waals surface area contributed by atoms with Gasteiger partial charge in [0.05, 0.1) is 6.10 Å². The lowest BCUT2D eigenvalue weighted by Gasteiger charge is -2.44. The molecule has 0 unspecified atom stereocenters. The second-order valence-electron chi connectivity index (χ2n) is 7.66. The number of hydrogen-bond acceptors (Lipinski definition) is 3. The third kappa shape index (κ3) is 2.23. The highest BCUT2D eigenvalue weighted by Crippen LogP contribution is 2.58. The highest BCUT2D eigenvalue weighted by molar-refractivity contribution is 5.87. The minimum absolute atomic E-state index is 0.170. The van der Waals surface area contributed by atoms with Gasteiger partial charge in [-0.05, 0) is 76.4 Å². The molecule has 3 aliphatic rings. The van der Waals surface area contributed by atoms with Crippen LogP contribution in [0.25, 0.3) is 0 Å². The van der Waals surface area contributed by atoms with Crippen molar-refractivity contribution in [1.29, 1.82) is 0 Å². The molecule has 0 aromatic carbocycles. The first-order chi connectivity index (χ1) is 9.54. The zero-order chi connectivity index (χ0) is 14.3. The molecule has 0 amide bonds. The van der Waals surface area contributed by atoms with E-state index in [1.54, 1.807) is 0 Å². The number of aliphatic hydroxyl groups is 1. The number of aliphatic hydroxyl groups excluding tert-OH is 1. The van der Waals surface area contributed by atoms with Crippen molar-refractivity contribution in [3.8, 4) is 0 Å². The summed E-state index contributed by atoms with van der Waals surface area (Å²) in [6, 6.07) is 0. The summed E-state index contributed by atoms with van der Waals surface area (Å²) in [5, 5.41) is 10.6. The molecule has 5 atom stereocenters. The van der Waals surface area contributed by atoms with E-state index in [0.29, 0.717) is 17.6 Å². The zero-order valence-corrected chi connectivity index (χ0v) is 13.0. The first kappa shape index (κ1) is 14.5. The molecule has 1 saturated heterocycles. The van der Waals surface area contributed by atoms with Crippen molar-refractivity contribution in [2.24, 2.45) is 23.2 Å². The van der Waals surface area contributed by atoms with Gasteiger partial charge in [-0.2, -0.15) is 0 Å². The molecule has 3 nitrogen and oxygen atoms in total. The summed E-state index contributed by atoms with van der Waals surface area (Å²) in [6.45, 7) is 4.40. The minimum Gasteiger partial charge on any atom is -0.393 e. The maximum absolute atomic E-state index is 12.9. The number of Topliss-reactive ketones (excluding diaryl/α,β-unsaturated/α-hetero) is 1. The zero-order valence-electron chi connectivity index (χ0n) is 13.0. The topological polar surface area (TPSA) is 40.5 Å². The summed E-state index contributed by atoms with van der Waals surface area (Å²) in [5.41, 5.74) is -0.170. The molecule has 1 N–H and O–H groups in total. The van der Waals surface area contributed by atoms with Gasteiger partial charge in [0.1, 0.15) is 5.78 Å². The van der Waals surface area contributed by atoms with Crippen LogP contribution < -0.4 is 0 Å². The molecule has 114 valence electrons. The highest BCUT2D eigenvalue weighted by Gasteiger charge is 2.59. The first-order valence-corrected chi connectivity index (χ1v) is 8.44. The third-order valence-electron chi connectivity index (χ3n) is 6.31. The summed E-state index contributed by atoms with van der Waals surface area (Å²) >= 11 is 0. The second kappa shape index (κ2) is 5.42. The molecule has 2 aliphatic carbocycles. The van der Waals surface area contributed by atoms with E-state index in [1.165, 1.54) is 0 Å². The van der Waals surface area contributed by atoms with Gasteiger partial charge in [0.15, 0.2) is 0 Å².